The van der Waals surface area contributed by atoms with Crippen molar-refractivity contribution in [3.8, 4) is 0 Å². The minimum Gasteiger partial charge on any atom is -0.291 e. The van der Waals surface area contributed by atoms with E-state index in [-0.39, 0.29) is 4.90 Å². The number of aryl methyl sites for hydroxylation is 1. The molecule has 0 aliphatic carbocycles. The maximum absolute atomic E-state index is 12.7. The molecule has 0 N–H and O–H groups in total. The molecule has 0 saturated heterocycles. The van der Waals surface area contributed by atoms with Crippen LogP contribution in [0.2, 0.25) is 0 Å². The zero-order valence-electron chi connectivity index (χ0n) is 14.1. The number of fused-ring (bicyclic) bond motifs is 1. The average molecular weight is 348 g/mol. The molecule has 0 atom stereocenters. The summed E-state index contributed by atoms with van der Waals surface area (Å²) >= 11 is 0. The zero-order chi connectivity index (χ0) is 17.5. The van der Waals surface area contributed by atoms with Crippen molar-refractivity contribution in [1.82, 2.24) is 28.5 Å². The van der Waals surface area contributed by atoms with Crippen molar-refractivity contribution in [2.45, 2.75) is 32.2 Å². The topological polar surface area (TPSA) is 85.4 Å². The van der Waals surface area contributed by atoms with Gasteiger partial charge in [-0.05, 0) is 19.9 Å². The highest BCUT2D eigenvalue weighted by Gasteiger charge is 2.28. The standard InChI is InChI=1S/C15H20N6O2S/c1-5-19(4)24(22,23)14-11(2)18-21(12(14)3)10-13-9-20-8-6-7-16-15(20)17-13/h6-9H,5,10H2,1-4H3. The summed E-state index contributed by atoms with van der Waals surface area (Å²) in [5.74, 6) is 0.604. The highest BCUT2D eigenvalue weighted by molar-refractivity contribution is 7.89. The van der Waals surface area contributed by atoms with Gasteiger partial charge in [0.05, 0.1) is 23.6 Å². The first-order valence-corrected chi connectivity index (χ1v) is 9.07. The first-order valence-electron chi connectivity index (χ1n) is 7.63. The normalized spacial score (nSPS) is 12.4. The number of sulfonamides is 1. The summed E-state index contributed by atoms with van der Waals surface area (Å²) in [6.07, 6.45) is 5.41. The average Bonchev–Trinajstić information content (AvgIpc) is 3.07. The Hall–Kier alpha value is -2.26. The Labute approximate surface area is 140 Å². The fraction of sp³-hybridized carbons (Fsp3) is 0.400. The van der Waals surface area contributed by atoms with E-state index in [1.54, 1.807) is 38.7 Å². The number of aromatic nitrogens is 5. The molecule has 0 radical (unpaired) electrons. The molecule has 0 spiro atoms. The third-order valence-corrected chi connectivity index (χ3v) is 6.21. The van der Waals surface area contributed by atoms with Gasteiger partial charge >= 0.3 is 0 Å². The van der Waals surface area contributed by atoms with Gasteiger partial charge in [0.25, 0.3) is 0 Å². The highest BCUT2D eigenvalue weighted by atomic mass is 32.2. The quantitative estimate of drug-likeness (QED) is 0.692. The Bertz CT molecular complexity index is 956. The van der Waals surface area contributed by atoms with Crippen molar-refractivity contribution < 1.29 is 8.42 Å². The summed E-state index contributed by atoms with van der Waals surface area (Å²) in [5, 5.41) is 4.40. The SMILES string of the molecule is CCN(C)S(=O)(=O)c1c(C)nn(Cc2cn3cccnc3n2)c1C. The lowest BCUT2D eigenvalue weighted by molar-refractivity contribution is 0.485. The van der Waals surface area contributed by atoms with Crippen LogP contribution in [-0.4, -0.2) is 50.5 Å². The van der Waals surface area contributed by atoms with Crippen LogP contribution in [0.15, 0.2) is 29.6 Å². The molecule has 0 aliphatic rings. The van der Waals surface area contributed by atoms with Crippen molar-refractivity contribution in [1.29, 1.82) is 0 Å². The van der Waals surface area contributed by atoms with Gasteiger partial charge in [0.1, 0.15) is 4.90 Å². The minimum absolute atomic E-state index is 0.272. The summed E-state index contributed by atoms with van der Waals surface area (Å²) in [7, 11) is -1.97. The van der Waals surface area contributed by atoms with Crippen LogP contribution < -0.4 is 0 Å². The van der Waals surface area contributed by atoms with Gasteiger partial charge in [-0.3, -0.25) is 9.08 Å². The van der Waals surface area contributed by atoms with Crippen LogP contribution >= 0.6 is 0 Å². The molecule has 0 saturated carbocycles. The van der Waals surface area contributed by atoms with Crippen LogP contribution in [-0.2, 0) is 16.6 Å². The van der Waals surface area contributed by atoms with Gasteiger partial charge in [-0.2, -0.15) is 5.10 Å². The Morgan fingerprint density at radius 3 is 2.71 bits per heavy atom. The molecule has 0 aromatic carbocycles. The van der Waals surface area contributed by atoms with E-state index in [1.807, 2.05) is 22.9 Å². The van der Waals surface area contributed by atoms with Crippen molar-refractivity contribution in [2.24, 2.45) is 0 Å². The van der Waals surface area contributed by atoms with Gasteiger partial charge in [0.2, 0.25) is 15.8 Å². The largest absolute Gasteiger partial charge is 0.291 e. The van der Waals surface area contributed by atoms with Gasteiger partial charge in [-0.1, -0.05) is 6.92 Å². The molecule has 0 bridgehead atoms. The molecule has 9 heteroatoms. The molecule has 3 aromatic rings. The Morgan fingerprint density at radius 2 is 2.04 bits per heavy atom. The van der Waals surface area contributed by atoms with E-state index in [0.29, 0.717) is 30.3 Å². The van der Waals surface area contributed by atoms with Crippen molar-refractivity contribution >= 4 is 15.8 Å². The lowest BCUT2D eigenvalue weighted by Crippen LogP contribution is -2.27. The molecule has 3 rings (SSSR count). The van der Waals surface area contributed by atoms with Crippen LogP contribution in [0.4, 0.5) is 0 Å². The minimum atomic E-state index is -3.53. The number of imidazole rings is 1. The van der Waals surface area contributed by atoms with E-state index in [9.17, 15) is 8.42 Å². The molecule has 0 aliphatic heterocycles. The number of rotatable bonds is 5. The zero-order valence-corrected chi connectivity index (χ0v) is 14.9. The fourth-order valence-electron chi connectivity index (χ4n) is 2.64. The van der Waals surface area contributed by atoms with Crippen LogP contribution in [0.1, 0.15) is 24.0 Å². The third-order valence-electron chi connectivity index (χ3n) is 4.03. The van der Waals surface area contributed by atoms with Gasteiger partial charge < -0.3 is 0 Å². The van der Waals surface area contributed by atoms with E-state index in [1.165, 1.54) is 4.31 Å². The van der Waals surface area contributed by atoms with E-state index in [0.717, 1.165) is 5.69 Å². The second-order valence-corrected chi connectivity index (χ2v) is 7.62. The predicted molar refractivity (Wildman–Crippen MR) is 89.3 cm³/mol. The van der Waals surface area contributed by atoms with Crippen molar-refractivity contribution in [2.75, 3.05) is 13.6 Å². The molecule has 0 unspecified atom stereocenters. The third kappa shape index (κ3) is 2.69. The summed E-state index contributed by atoms with van der Waals surface area (Å²) in [4.78, 5) is 8.89. The van der Waals surface area contributed by atoms with Gasteiger partial charge in [0.15, 0.2) is 0 Å². The van der Waals surface area contributed by atoms with Gasteiger partial charge in [-0.25, -0.2) is 22.7 Å². The first kappa shape index (κ1) is 16.6. The predicted octanol–water partition coefficient (Wildman–Crippen LogP) is 1.23. The van der Waals surface area contributed by atoms with Gasteiger partial charge in [0, 0.05) is 32.2 Å². The van der Waals surface area contributed by atoms with E-state index in [2.05, 4.69) is 15.1 Å². The van der Waals surface area contributed by atoms with Gasteiger partial charge in [-0.15, -0.1) is 0 Å². The summed E-state index contributed by atoms with van der Waals surface area (Å²) < 4.78 is 30.1. The molecule has 3 aromatic heterocycles. The highest BCUT2D eigenvalue weighted by Crippen LogP contribution is 2.23. The number of hydrogen-bond donors (Lipinski definition) is 0. The lowest BCUT2D eigenvalue weighted by atomic mass is 10.4. The summed E-state index contributed by atoms with van der Waals surface area (Å²) in [6.45, 7) is 6.08. The molecule has 8 nitrogen and oxygen atoms in total. The smallest absolute Gasteiger partial charge is 0.246 e. The van der Waals surface area contributed by atoms with Crippen molar-refractivity contribution in [3.63, 3.8) is 0 Å². The Balaban J connectivity index is 2.00. The maximum atomic E-state index is 12.7. The molecule has 24 heavy (non-hydrogen) atoms. The molecule has 3 heterocycles. The molecule has 128 valence electrons. The number of nitrogens with zero attached hydrogens (tertiary/aromatic N) is 6. The molecule has 0 fully saturated rings. The Kier molecular flexibility index (Phi) is 4.14. The lowest BCUT2D eigenvalue weighted by Gasteiger charge is -2.15. The fourth-order valence-corrected chi connectivity index (χ4v) is 4.19. The van der Waals surface area contributed by atoms with Crippen molar-refractivity contribution in [3.05, 3.63) is 41.7 Å². The van der Waals surface area contributed by atoms with Crippen LogP contribution in [0.25, 0.3) is 5.78 Å². The summed E-state index contributed by atoms with van der Waals surface area (Å²) in [6, 6.07) is 1.83. The molecule has 0 amide bonds. The number of hydrogen-bond acceptors (Lipinski definition) is 5. The van der Waals surface area contributed by atoms with Crippen LogP contribution in [0.3, 0.4) is 0 Å². The molecular weight excluding hydrogens is 328 g/mol. The maximum Gasteiger partial charge on any atom is 0.246 e. The summed E-state index contributed by atoms with van der Waals surface area (Å²) in [5.41, 5.74) is 1.87. The second kappa shape index (κ2) is 5.99. The monoisotopic (exact) mass is 348 g/mol. The Morgan fingerprint density at radius 1 is 1.29 bits per heavy atom. The van der Waals surface area contributed by atoms with Crippen LogP contribution in [0.5, 0.6) is 0 Å². The van der Waals surface area contributed by atoms with E-state index < -0.39 is 10.0 Å². The van der Waals surface area contributed by atoms with Crippen LogP contribution in [0, 0.1) is 13.8 Å². The molecular formula is C15H20N6O2S. The first-order chi connectivity index (χ1) is 11.3. The van der Waals surface area contributed by atoms with E-state index >= 15 is 0 Å². The van der Waals surface area contributed by atoms with E-state index in [4.69, 9.17) is 0 Å². The second-order valence-electron chi connectivity index (χ2n) is 5.64.